The first-order valence-electron chi connectivity index (χ1n) is 5.12. The van der Waals surface area contributed by atoms with Gasteiger partial charge in [-0.3, -0.25) is 0 Å². The highest BCUT2D eigenvalue weighted by Crippen LogP contribution is 2.56. The van der Waals surface area contributed by atoms with Crippen LogP contribution in [0.1, 0.15) is 30.9 Å². The highest BCUT2D eigenvalue weighted by Gasteiger charge is 2.47. The highest BCUT2D eigenvalue weighted by molar-refractivity contribution is 5.14. The zero-order valence-electron chi connectivity index (χ0n) is 7.65. The van der Waals surface area contributed by atoms with Gasteiger partial charge in [0.15, 0.2) is 0 Å². The average Bonchev–Trinajstić information content (AvgIpc) is 2.63. The molecule has 0 saturated heterocycles. The number of furan rings is 1. The molecule has 2 saturated carbocycles. The molecule has 0 amide bonds. The Bertz CT molecular complexity index is 283. The molecule has 2 aliphatic carbocycles. The Hall–Kier alpha value is -0.760. The van der Waals surface area contributed by atoms with Crippen molar-refractivity contribution in [3.8, 4) is 0 Å². The third-order valence-electron chi connectivity index (χ3n) is 3.72. The van der Waals surface area contributed by atoms with Crippen molar-refractivity contribution in [1.82, 2.24) is 0 Å². The molecule has 1 aromatic rings. The second-order valence-corrected chi connectivity index (χ2v) is 4.57. The van der Waals surface area contributed by atoms with Crippen molar-refractivity contribution in [2.75, 3.05) is 0 Å². The van der Waals surface area contributed by atoms with Crippen LogP contribution in [0.2, 0.25) is 0 Å². The van der Waals surface area contributed by atoms with E-state index >= 15 is 0 Å². The number of fused-ring (bicyclic) bond motifs is 1. The van der Waals surface area contributed by atoms with Gasteiger partial charge in [-0.15, -0.1) is 0 Å². The molecule has 2 nitrogen and oxygen atoms in total. The van der Waals surface area contributed by atoms with Gasteiger partial charge >= 0.3 is 0 Å². The van der Waals surface area contributed by atoms with Crippen molar-refractivity contribution in [2.24, 2.45) is 23.5 Å². The standard InChI is InChI=1S/C11H15NO/c12-11(7-1-2-13-6-7)10-4-8-3-9(8)5-10/h1-2,6,8-11H,3-5,12H2. The number of rotatable bonds is 2. The lowest BCUT2D eigenvalue weighted by atomic mass is 9.91. The van der Waals surface area contributed by atoms with Crippen LogP contribution >= 0.6 is 0 Å². The van der Waals surface area contributed by atoms with E-state index in [4.69, 9.17) is 10.2 Å². The van der Waals surface area contributed by atoms with Gasteiger partial charge in [-0.25, -0.2) is 0 Å². The van der Waals surface area contributed by atoms with Gasteiger partial charge in [0.25, 0.3) is 0 Å². The van der Waals surface area contributed by atoms with Crippen LogP contribution in [0.25, 0.3) is 0 Å². The van der Waals surface area contributed by atoms with Crippen LogP contribution < -0.4 is 5.73 Å². The Kier molecular flexibility index (Phi) is 1.53. The molecule has 0 radical (unpaired) electrons. The normalized spacial score (nSPS) is 38.7. The van der Waals surface area contributed by atoms with Crippen LogP contribution in [0.3, 0.4) is 0 Å². The van der Waals surface area contributed by atoms with Crippen LogP contribution in [0, 0.1) is 17.8 Å². The third-order valence-corrected chi connectivity index (χ3v) is 3.72. The predicted octanol–water partition coefficient (Wildman–Crippen LogP) is 2.33. The van der Waals surface area contributed by atoms with Crippen molar-refractivity contribution in [3.63, 3.8) is 0 Å². The lowest BCUT2D eigenvalue weighted by Crippen LogP contribution is -2.19. The molecule has 0 bridgehead atoms. The Labute approximate surface area is 78.1 Å². The SMILES string of the molecule is NC(c1ccoc1)C1CC2CC2C1. The van der Waals surface area contributed by atoms with Gasteiger partial charge in [0.1, 0.15) is 0 Å². The second kappa shape index (κ2) is 2.61. The van der Waals surface area contributed by atoms with Crippen LogP contribution in [0.5, 0.6) is 0 Å². The first kappa shape index (κ1) is 7.63. The van der Waals surface area contributed by atoms with Crippen molar-refractivity contribution in [3.05, 3.63) is 24.2 Å². The van der Waals surface area contributed by atoms with Crippen molar-refractivity contribution >= 4 is 0 Å². The first-order valence-corrected chi connectivity index (χ1v) is 5.12. The molecule has 0 spiro atoms. The largest absolute Gasteiger partial charge is 0.472 e. The monoisotopic (exact) mass is 177 g/mol. The molecule has 3 unspecified atom stereocenters. The first-order chi connectivity index (χ1) is 6.34. The summed E-state index contributed by atoms with van der Waals surface area (Å²) in [6.45, 7) is 0. The number of hydrogen-bond donors (Lipinski definition) is 1. The molecule has 13 heavy (non-hydrogen) atoms. The molecule has 2 aliphatic rings. The summed E-state index contributed by atoms with van der Waals surface area (Å²) in [4.78, 5) is 0. The maximum atomic E-state index is 6.17. The third kappa shape index (κ3) is 1.20. The number of nitrogens with two attached hydrogens (primary N) is 1. The fraction of sp³-hybridized carbons (Fsp3) is 0.636. The van der Waals surface area contributed by atoms with Gasteiger partial charge in [0, 0.05) is 11.6 Å². The summed E-state index contributed by atoms with van der Waals surface area (Å²) in [5, 5.41) is 0. The minimum Gasteiger partial charge on any atom is -0.472 e. The smallest absolute Gasteiger partial charge is 0.0950 e. The van der Waals surface area contributed by atoms with Gasteiger partial charge in [0.05, 0.1) is 12.5 Å². The maximum absolute atomic E-state index is 6.17. The second-order valence-electron chi connectivity index (χ2n) is 4.57. The molecule has 1 aromatic heterocycles. The minimum atomic E-state index is 0.214. The molecule has 3 rings (SSSR count). The van der Waals surface area contributed by atoms with Crippen molar-refractivity contribution < 1.29 is 4.42 Å². The summed E-state index contributed by atoms with van der Waals surface area (Å²) < 4.78 is 5.05. The quantitative estimate of drug-likeness (QED) is 0.753. The van der Waals surface area contributed by atoms with E-state index in [9.17, 15) is 0 Å². The van der Waals surface area contributed by atoms with E-state index in [0.717, 1.165) is 11.8 Å². The van der Waals surface area contributed by atoms with E-state index in [1.165, 1.54) is 24.8 Å². The van der Waals surface area contributed by atoms with E-state index < -0.39 is 0 Å². The van der Waals surface area contributed by atoms with Crippen LogP contribution in [-0.2, 0) is 0 Å². The molecular formula is C11H15NO. The van der Waals surface area contributed by atoms with E-state index in [-0.39, 0.29) is 6.04 Å². The molecule has 0 aromatic carbocycles. The molecule has 0 aliphatic heterocycles. The molecule has 70 valence electrons. The summed E-state index contributed by atoms with van der Waals surface area (Å²) in [5.74, 6) is 2.74. The fourth-order valence-corrected chi connectivity index (χ4v) is 2.79. The van der Waals surface area contributed by atoms with Crippen LogP contribution in [0.15, 0.2) is 23.0 Å². The van der Waals surface area contributed by atoms with Gasteiger partial charge in [-0.1, -0.05) is 0 Å². The molecule has 2 heteroatoms. The number of hydrogen-bond acceptors (Lipinski definition) is 2. The minimum absolute atomic E-state index is 0.214. The lowest BCUT2D eigenvalue weighted by Gasteiger charge is -2.18. The maximum Gasteiger partial charge on any atom is 0.0950 e. The Morgan fingerprint density at radius 2 is 2.08 bits per heavy atom. The van der Waals surface area contributed by atoms with Gasteiger partial charge in [-0.05, 0) is 43.1 Å². The molecular weight excluding hydrogens is 162 g/mol. The zero-order valence-corrected chi connectivity index (χ0v) is 7.65. The van der Waals surface area contributed by atoms with Gasteiger partial charge < -0.3 is 10.2 Å². The fourth-order valence-electron chi connectivity index (χ4n) is 2.79. The van der Waals surface area contributed by atoms with E-state index in [2.05, 4.69) is 0 Å². The lowest BCUT2D eigenvalue weighted by molar-refractivity contribution is 0.401. The van der Waals surface area contributed by atoms with Crippen molar-refractivity contribution in [1.29, 1.82) is 0 Å². The predicted molar refractivity (Wildman–Crippen MR) is 50.0 cm³/mol. The Balaban J connectivity index is 1.72. The summed E-state index contributed by atoms with van der Waals surface area (Å²) in [7, 11) is 0. The zero-order chi connectivity index (χ0) is 8.84. The van der Waals surface area contributed by atoms with E-state index in [1.807, 2.05) is 6.07 Å². The summed E-state index contributed by atoms with van der Waals surface area (Å²) in [6.07, 6.45) is 7.65. The Morgan fingerprint density at radius 3 is 2.69 bits per heavy atom. The Morgan fingerprint density at radius 1 is 1.31 bits per heavy atom. The van der Waals surface area contributed by atoms with Crippen LogP contribution in [0.4, 0.5) is 0 Å². The van der Waals surface area contributed by atoms with E-state index in [1.54, 1.807) is 12.5 Å². The molecule has 2 N–H and O–H groups in total. The molecule has 1 heterocycles. The summed E-state index contributed by atoms with van der Waals surface area (Å²) >= 11 is 0. The molecule has 3 atom stereocenters. The molecule has 2 fully saturated rings. The van der Waals surface area contributed by atoms with Crippen LogP contribution in [-0.4, -0.2) is 0 Å². The summed E-state index contributed by atoms with van der Waals surface area (Å²) in [6, 6.07) is 2.21. The topological polar surface area (TPSA) is 39.2 Å². The van der Waals surface area contributed by atoms with Gasteiger partial charge in [-0.2, -0.15) is 0 Å². The van der Waals surface area contributed by atoms with E-state index in [0.29, 0.717) is 5.92 Å². The summed E-state index contributed by atoms with van der Waals surface area (Å²) in [5.41, 5.74) is 7.34. The van der Waals surface area contributed by atoms with Crippen molar-refractivity contribution in [2.45, 2.75) is 25.3 Å². The highest BCUT2D eigenvalue weighted by atomic mass is 16.3. The average molecular weight is 177 g/mol. The van der Waals surface area contributed by atoms with Gasteiger partial charge in [0.2, 0.25) is 0 Å².